The molecule has 1 aliphatic carbocycles. The molecular weight excluding hydrogens is 280 g/mol. The molecule has 0 bridgehead atoms. The summed E-state index contributed by atoms with van der Waals surface area (Å²) < 4.78 is 13.9. The average Bonchev–Trinajstić information content (AvgIpc) is 1.95. The molecule has 0 spiro atoms. The fourth-order valence-electron chi connectivity index (χ4n) is 1.43. The molecule has 0 aromatic heterocycles. The van der Waals surface area contributed by atoms with Gasteiger partial charge in [0.2, 0.25) is 0 Å². The van der Waals surface area contributed by atoms with Crippen molar-refractivity contribution in [3.05, 3.63) is 27.6 Å². The third-order valence-corrected chi connectivity index (χ3v) is 2.96. The summed E-state index contributed by atoms with van der Waals surface area (Å²) in [6, 6.07) is 5.63. The van der Waals surface area contributed by atoms with E-state index in [2.05, 4.69) is 27.9 Å². The number of anilines is 1. The Kier molecular flexibility index (Phi) is 2.71. The van der Waals surface area contributed by atoms with Crippen molar-refractivity contribution in [3.63, 3.8) is 0 Å². The maximum Gasteiger partial charge on any atom is 0.126 e. The van der Waals surface area contributed by atoms with E-state index in [0.29, 0.717) is 6.04 Å². The first-order chi connectivity index (χ1) is 6.24. The van der Waals surface area contributed by atoms with Gasteiger partial charge in [-0.05, 0) is 60.1 Å². The van der Waals surface area contributed by atoms with E-state index in [-0.39, 0.29) is 5.82 Å². The number of rotatable bonds is 2. The van der Waals surface area contributed by atoms with Crippen molar-refractivity contribution >= 4 is 28.3 Å². The third-order valence-electron chi connectivity index (χ3n) is 2.34. The summed E-state index contributed by atoms with van der Waals surface area (Å²) in [5.41, 5.74) is 0.911. The van der Waals surface area contributed by atoms with Crippen molar-refractivity contribution < 1.29 is 4.39 Å². The minimum atomic E-state index is -0.159. The van der Waals surface area contributed by atoms with Crippen LogP contribution in [0, 0.1) is 9.39 Å². The topological polar surface area (TPSA) is 12.0 Å². The van der Waals surface area contributed by atoms with Crippen molar-refractivity contribution in [2.45, 2.75) is 25.3 Å². The van der Waals surface area contributed by atoms with E-state index >= 15 is 0 Å². The summed E-state index contributed by atoms with van der Waals surface area (Å²) >= 11 is 2.13. The molecule has 1 fully saturated rings. The van der Waals surface area contributed by atoms with Gasteiger partial charge in [-0.15, -0.1) is 0 Å². The Morgan fingerprint density at radius 2 is 2.08 bits per heavy atom. The summed E-state index contributed by atoms with van der Waals surface area (Å²) in [7, 11) is 0. The molecule has 13 heavy (non-hydrogen) atoms. The lowest BCUT2D eigenvalue weighted by Gasteiger charge is -2.27. The predicted molar refractivity (Wildman–Crippen MR) is 60.4 cm³/mol. The lowest BCUT2D eigenvalue weighted by molar-refractivity contribution is 0.445. The number of hydrogen-bond acceptors (Lipinski definition) is 1. The molecule has 1 saturated carbocycles. The van der Waals surface area contributed by atoms with Gasteiger partial charge in [0.15, 0.2) is 0 Å². The third kappa shape index (κ3) is 2.33. The van der Waals surface area contributed by atoms with Gasteiger partial charge in [-0.2, -0.15) is 0 Å². The zero-order chi connectivity index (χ0) is 9.26. The Morgan fingerprint density at radius 1 is 1.31 bits per heavy atom. The molecule has 1 N–H and O–H groups in total. The van der Waals surface area contributed by atoms with Gasteiger partial charge in [0, 0.05) is 15.3 Å². The fourth-order valence-corrected chi connectivity index (χ4v) is 2.06. The van der Waals surface area contributed by atoms with E-state index in [0.717, 1.165) is 9.26 Å². The van der Waals surface area contributed by atoms with Gasteiger partial charge in [0.25, 0.3) is 0 Å². The smallest absolute Gasteiger partial charge is 0.126 e. The first kappa shape index (κ1) is 9.24. The summed E-state index contributed by atoms with van der Waals surface area (Å²) in [6.07, 6.45) is 3.73. The van der Waals surface area contributed by atoms with Gasteiger partial charge in [0.05, 0.1) is 0 Å². The Bertz CT molecular complexity index is 290. The molecule has 1 nitrogen and oxygen atoms in total. The van der Waals surface area contributed by atoms with E-state index < -0.39 is 0 Å². The normalized spacial score (nSPS) is 16.8. The van der Waals surface area contributed by atoms with E-state index in [1.54, 1.807) is 6.07 Å². The zero-order valence-electron chi connectivity index (χ0n) is 7.19. The van der Waals surface area contributed by atoms with Crippen molar-refractivity contribution in [1.29, 1.82) is 0 Å². The SMILES string of the molecule is Fc1cc(I)cc(NC2CCC2)c1. The second-order valence-electron chi connectivity index (χ2n) is 3.43. The van der Waals surface area contributed by atoms with E-state index in [1.807, 2.05) is 6.07 Å². The molecule has 0 atom stereocenters. The summed E-state index contributed by atoms with van der Waals surface area (Å²) in [5.74, 6) is -0.159. The highest BCUT2D eigenvalue weighted by atomic mass is 127. The number of nitrogens with one attached hydrogen (secondary N) is 1. The predicted octanol–water partition coefficient (Wildman–Crippen LogP) is 3.39. The highest BCUT2D eigenvalue weighted by Gasteiger charge is 2.16. The molecule has 0 unspecified atom stereocenters. The van der Waals surface area contributed by atoms with Crippen LogP contribution >= 0.6 is 22.6 Å². The Labute approximate surface area is 90.9 Å². The molecule has 3 heteroatoms. The van der Waals surface area contributed by atoms with Crippen LogP contribution < -0.4 is 5.32 Å². The van der Waals surface area contributed by atoms with Crippen LogP contribution in [0.4, 0.5) is 10.1 Å². The van der Waals surface area contributed by atoms with Gasteiger partial charge in [0.1, 0.15) is 5.82 Å². The van der Waals surface area contributed by atoms with Crippen LogP contribution in [-0.2, 0) is 0 Å². The van der Waals surface area contributed by atoms with Gasteiger partial charge >= 0.3 is 0 Å². The molecule has 70 valence electrons. The van der Waals surface area contributed by atoms with Crippen LogP contribution in [0.3, 0.4) is 0 Å². The molecule has 1 aromatic carbocycles. The van der Waals surface area contributed by atoms with E-state index in [9.17, 15) is 4.39 Å². The lowest BCUT2D eigenvalue weighted by Crippen LogP contribution is -2.26. The largest absolute Gasteiger partial charge is 0.382 e. The monoisotopic (exact) mass is 291 g/mol. The molecule has 2 rings (SSSR count). The van der Waals surface area contributed by atoms with Crippen molar-refractivity contribution in [3.8, 4) is 0 Å². The van der Waals surface area contributed by atoms with Crippen LogP contribution in [0.25, 0.3) is 0 Å². The molecule has 0 saturated heterocycles. The Morgan fingerprint density at radius 3 is 2.62 bits per heavy atom. The fraction of sp³-hybridized carbons (Fsp3) is 0.400. The van der Waals surface area contributed by atoms with E-state index in [1.165, 1.54) is 25.3 Å². The van der Waals surface area contributed by atoms with Gasteiger partial charge in [-0.3, -0.25) is 0 Å². The number of benzene rings is 1. The van der Waals surface area contributed by atoms with E-state index in [4.69, 9.17) is 0 Å². The lowest BCUT2D eigenvalue weighted by atomic mass is 9.93. The second-order valence-corrected chi connectivity index (χ2v) is 4.68. The van der Waals surface area contributed by atoms with Crippen LogP contribution in [0.1, 0.15) is 19.3 Å². The maximum absolute atomic E-state index is 13.0. The van der Waals surface area contributed by atoms with Gasteiger partial charge in [-0.1, -0.05) is 0 Å². The van der Waals surface area contributed by atoms with Crippen molar-refractivity contribution in [2.24, 2.45) is 0 Å². The molecule has 1 aromatic rings. The molecule has 1 aliphatic rings. The standard InChI is InChI=1S/C10H11FIN/c11-7-4-8(12)6-10(5-7)13-9-2-1-3-9/h4-6,9,13H,1-3H2. The molecular formula is C10H11FIN. The molecule has 0 radical (unpaired) electrons. The van der Waals surface area contributed by atoms with Crippen molar-refractivity contribution in [2.75, 3.05) is 5.32 Å². The molecule has 0 amide bonds. The van der Waals surface area contributed by atoms with Gasteiger partial charge in [-0.25, -0.2) is 4.39 Å². The molecule has 0 heterocycles. The number of halogens is 2. The quantitative estimate of drug-likeness (QED) is 0.824. The van der Waals surface area contributed by atoms with Crippen LogP contribution in [0.5, 0.6) is 0 Å². The minimum Gasteiger partial charge on any atom is -0.382 e. The summed E-state index contributed by atoms with van der Waals surface area (Å²) in [6.45, 7) is 0. The highest BCUT2D eigenvalue weighted by Crippen LogP contribution is 2.24. The van der Waals surface area contributed by atoms with Crippen molar-refractivity contribution in [1.82, 2.24) is 0 Å². The first-order valence-electron chi connectivity index (χ1n) is 4.47. The zero-order valence-corrected chi connectivity index (χ0v) is 9.34. The molecule has 0 aliphatic heterocycles. The summed E-state index contributed by atoms with van der Waals surface area (Å²) in [4.78, 5) is 0. The maximum atomic E-state index is 13.0. The summed E-state index contributed by atoms with van der Waals surface area (Å²) in [5, 5.41) is 3.32. The average molecular weight is 291 g/mol. The highest BCUT2D eigenvalue weighted by molar-refractivity contribution is 14.1. The van der Waals surface area contributed by atoms with Crippen LogP contribution in [0.2, 0.25) is 0 Å². The Balaban J connectivity index is 2.10. The minimum absolute atomic E-state index is 0.159. The Hall–Kier alpha value is -0.320. The second kappa shape index (κ2) is 3.82. The van der Waals surface area contributed by atoms with Gasteiger partial charge < -0.3 is 5.32 Å². The van der Waals surface area contributed by atoms with Crippen LogP contribution in [-0.4, -0.2) is 6.04 Å². The van der Waals surface area contributed by atoms with Crippen LogP contribution in [0.15, 0.2) is 18.2 Å². The number of hydrogen-bond donors (Lipinski definition) is 1. The first-order valence-corrected chi connectivity index (χ1v) is 5.54.